The van der Waals surface area contributed by atoms with Gasteiger partial charge in [-0.25, -0.2) is 0 Å². The standard InChI is InChI=1S/C31H35NO5/c1-3-9-20(16-21-10-7-8-13-26(21)33)14-15-27-28-22(18-36-23-11-5-4-6-12-23)17-24-29(25(28)19-37-27)31(35)32(2)30(24)34/h4-8,10-13,16,24-25,27,29,33H,3,9,14-15,17-19H2,1-2H3/b20-16+/t24-,25+,27-,29-/m1/s1. The fraction of sp³-hybridized carbons (Fsp3) is 0.419. The number of carbonyl (C=O) groups excluding carboxylic acids is 2. The second kappa shape index (κ2) is 10.9. The van der Waals surface area contributed by atoms with E-state index in [1.165, 1.54) is 10.5 Å². The normalized spacial score (nSPS) is 25.5. The van der Waals surface area contributed by atoms with E-state index >= 15 is 0 Å². The second-order valence-electron chi connectivity index (χ2n) is 10.3. The lowest BCUT2D eigenvalue weighted by molar-refractivity contribution is -0.138. The van der Waals surface area contributed by atoms with E-state index in [0.29, 0.717) is 19.6 Å². The number of imide groups is 1. The Hall–Kier alpha value is -3.38. The number of fused-ring (bicyclic) bond motifs is 3. The molecule has 0 bridgehead atoms. The van der Waals surface area contributed by atoms with Crippen molar-refractivity contribution in [2.24, 2.45) is 17.8 Å². The highest BCUT2D eigenvalue weighted by molar-refractivity contribution is 6.05. The molecule has 194 valence electrons. The van der Waals surface area contributed by atoms with Crippen molar-refractivity contribution in [1.82, 2.24) is 4.90 Å². The van der Waals surface area contributed by atoms with Crippen LogP contribution in [0.1, 0.15) is 44.6 Å². The molecule has 37 heavy (non-hydrogen) atoms. The molecule has 2 aromatic carbocycles. The molecular weight excluding hydrogens is 466 g/mol. The smallest absolute Gasteiger partial charge is 0.233 e. The minimum Gasteiger partial charge on any atom is -0.507 e. The van der Waals surface area contributed by atoms with Crippen LogP contribution in [-0.4, -0.2) is 48.2 Å². The van der Waals surface area contributed by atoms with Crippen LogP contribution in [0.25, 0.3) is 6.08 Å². The molecule has 0 aromatic heterocycles. The predicted molar refractivity (Wildman–Crippen MR) is 142 cm³/mol. The number of rotatable bonds is 9. The summed E-state index contributed by atoms with van der Waals surface area (Å²) in [7, 11) is 1.59. The zero-order valence-corrected chi connectivity index (χ0v) is 21.6. The number of amides is 2. The van der Waals surface area contributed by atoms with Crippen LogP contribution in [-0.2, 0) is 14.3 Å². The van der Waals surface area contributed by atoms with Crippen molar-refractivity contribution >= 4 is 17.9 Å². The number of aromatic hydroxyl groups is 1. The van der Waals surface area contributed by atoms with Gasteiger partial charge in [0.05, 0.1) is 24.5 Å². The van der Waals surface area contributed by atoms with Crippen LogP contribution in [0.5, 0.6) is 11.5 Å². The molecule has 1 N–H and O–H groups in total. The molecule has 2 aromatic rings. The maximum Gasteiger partial charge on any atom is 0.233 e. The molecule has 2 fully saturated rings. The highest BCUT2D eigenvalue weighted by Gasteiger charge is 2.56. The van der Waals surface area contributed by atoms with Crippen LogP contribution < -0.4 is 4.74 Å². The summed E-state index contributed by atoms with van der Waals surface area (Å²) in [5.74, 6) is 0.122. The number of ether oxygens (including phenoxy) is 2. The third-order valence-electron chi connectivity index (χ3n) is 7.98. The van der Waals surface area contributed by atoms with Crippen molar-refractivity contribution < 1.29 is 24.2 Å². The van der Waals surface area contributed by atoms with Gasteiger partial charge in [-0.3, -0.25) is 14.5 Å². The summed E-state index contributed by atoms with van der Waals surface area (Å²) >= 11 is 0. The molecule has 0 unspecified atom stereocenters. The molecule has 2 amide bonds. The number of allylic oxidation sites excluding steroid dienone is 1. The molecule has 2 heterocycles. The van der Waals surface area contributed by atoms with E-state index in [0.717, 1.165) is 48.1 Å². The van der Waals surface area contributed by atoms with Crippen LogP contribution in [0.15, 0.2) is 71.3 Å². The van der Waals surface area contributed by atoms with Gasteiger partial charge < -0.3 is 14.6 Å². The highest BCUT2D eigenvalue weighted by Crippen LogP contribution is 2.49. The van der Waals surface area contributed by atoms with Gasteiger partial charge in [-0.1, -0.05) is 61.4 Å². The molecule has 2 aliphatic heterocycles. The Morgan fingerprint density at radius 3 is 2.57 bits per heavy atom. The number of phenols is 1. The monoisotopic (exact) mass is 501 g/mol. The SMILES string of the molecule is CCC/C(=C\c1ccccc1O)CC[C@H]1OC[C@H]2C1=C(COc1ccccc1)C[C@H]1C(=O)N(C)C(=O)[C@H]12. The van der Waals surface area contributed by atoms with E-state index in [1.807, 2.05) is 48.5 Å². The average Bonchev–Trinajstić information content (AvgIpc) is 3.43. The van der Waals surface area contributed by atoms with Crippen molar-refractivity contribution in [3.05, 3.63) is 76.9 Å². The number of hydrogen-bond acceptors (Lipinski definition) is 5. The summed E-state index contributed by atoms with van der Waals surface area (Å²) in [5.41, 5.74) is 4.34. The van der Waals surface area contributed by atoms with Gasteiger partial charge in [-0.15, -0.1) is 0 Å². The molecule has 2 saturated heterocycles. The zero-order valence-electron chi connectivity index (χ0n) is 21.6. The molecular formula is C31H35NO5. The van der Waals surface area contributed by atoms with Crippen LogP contribution >= 0.6 is 0 Å². The van der Waals surface area contributed by atoms with Crippen molar-refractivity contribution in [2.45, 2.75) is 45.1 Å². The summed E-state index contributed by atoms with van der Waals surface area (Å²) in [5, 5.41) is 10.3. The molecule has 5 rings (SSSR count). The van der Waals surface area contributed by atoms with Gasteiger partial charge in [0, 0.05) is 18.5 Å². The van der Waals surface area contributed by atoms with Gasteiger partial charge in [0.2, 0.25) is 11.8 Å². The van der Waals surface area contributed by atoms with Gasteiger partial charge >= 0.3 is 0 Å². The lowest BCUT2D eigenvalue weighted by atomic mass is 9.69. The Bertz CT molecular complexity index is 1220. The van der Waals surface area contributed by atoms with Crippen molar-refractivity contribution in [3.8, 4) is 11.5 Å². The number of likely N-dealkylation sites (tertiary alicyclic amines) is 1. The number of para-hydroxylation sites is 2. The summed E-state index contributed by atoms with van der Waals surface area (Å²) in [6, 6.07) is 17.1. The minimum atomic E-state index is -0.343. The molecule has 3 aliphatic rings. The molecule has 6 nitrogen and oxygen atoms in total. The molecule has 0 radical (unpaired) electrons. The Morgan fingerprint density at radius 1 is 1.05 bits per heavy atom. The van der Waals surface area contributed by atoms with Gasteiger partial charge in [-0.05, 0) is 55.0 Å². The van der Waals surface area contributed by atoms with Crippen molar-refractivity contribution in [2.75, 3.05) is 20.3 Å². The largest absolute Gasteiger partial charge is 0.507 e. The molecule has 1 aliphatic carbocycles. The Morgan fingerprint density at radius 2 is 1.81 bits per heavy atom. The maximum absolute atomic E-state index is 13.0. The number of carbonyl (C=O) groups is 2. The lowest BCUT2D eigenvalue weighted by Crippen LogP contribution is -2.35. The highest BCUT2D eigenvalue weighted by atomic mass is 16.5. The first-order valence-electron chi connectivity index (χ1n) is 13.3. The van der Waals surface area contributed by atoms with E-state index in [4.69, 9.17) is 9.47 Å². The fourth-order valence-electron chi connectivity index (χ4n) is 6.19. The number of hydrogen-bond donors (Lipinski definition) is 1. The fourth-order valence-corrected chi connectivity index (χ4v) is 6.19. The third-order valence-corrected chi connectivity index (χ3v) is 7.98. The average molecular weight is 502 g/mol. The van der Waals surface area contributed by atoms with E-state index in [2.05, 4.69) is 13.0 Å². The van der Waals surface area contributed by atoms with E-state index in [1.54, 1.807) is 13.1 Å². The quantitative estimate of drug-likeness (QED) is 0.369. The Labute approximate surface area is 218 Å². The van der Waals surface area contributed by atoms with Crippen molar-refractivity contribution in [3.63, 3.8) is 0 Å². The van der Waals surface area contributed by atoms with Crippen LogP contribution in [0.3, 0.4) is 0 Å². The first kappa shape index (κ1) is 25.3. The summed E-state index contributed by atoms with van der Waals surface area (Å²) in [6.45, 7) is 3.00. The molecule has 0 spiro atoms. The molecule has 0 saturated carbocycles. The van der Waals surface area contributed by atoms with Gasteiger partial charge in [-0.2, -0.15) is 0 Å². The lowest BCUT2D eigenvalue weighted by Gasteiger charge is -2.32. The third kappa shape index (κ3) is 5.08. The van der Waals surface area contributed by atoms with Gasteiger partial charge in [0.25, 0.3) is 0 Å². The van der Waals surface area contributed by atoms with E-state index < -0.39 is 0 Å². The first-order chi connectivity index (χ1) is 18.0. The number of benzene rings is 2. The Balaban J connectivity index is 1.40. The number of phenolic OH excluding ortho intramolecular Hbond substituents is 1. The van der Waals surface area contributed by atoms with E-state index in [-0.39, 0.29) is 41.4 Å². The Kier molecular flexibility index (Phi) is 7.47. The first-order valence-corrected chi connectivity index (χ1v) is 13.3. The van der Waals surface area contributed by atoms with Crippen LogP contribution in [0.2, 0.25) is 0 Å². The minimum absolute atomic E-state index is 0.0868. The predicted octanol–water partition coefficient (Wildman–Crippen LogP) is 5.38. The topological polar surface area (TPSA) is 76.1 Å². The van der Waals surface area contributed by atoms with Crippen molar-refractivity contribution in [1.29, 1.82) is 0 Å². The maximum atomic E-state index is 13.0. The van der Waals surface area contributed by atoms with Gasteiger partial charge in [0.15, 0.2) is 0 Å². The molecule has 4 atom stereocenters. The molecule has 6 heteroatoms. The second-order valence-corrected chi connectivity index (χ2v) is 10.3. The summed E-state index contributed by atoms with van der Waals surface area (Å²) in [4.78, 5) is 27.2. The van der Waals surface area contributed by atoms with Crippen LogP contribution in [0.4, 0.5) is 0 Å². The van der Waals surface area contributed by atoms with Gasteiger partial charge in [0.1, 0.15) is 18.1 Å². The number of nitrogens with zero attached hydrogens (tertiary/aromatic N) is 1. The summed E-state index contributed by atoms with van der Waals surface area (Å²) < 4.78 is 12.5. The summed E-state index contributed by atoms with van der Waals surface area (Å²) in [6.07, 6.45) is 6.08. The zero-order chi connectivity index (χ0) is 25.9. The van der Waals surface area contributed by atoms with Crippen LogP contribution in [0, 0.1) is 17.8 Å². The van der Waals surface area contributed by atoms with E-state index in [9.17, 15) is 14.7 Å².